The van der Waals surface area contributed by atoms with Gasteiger partial charge in [-0.15, -0.1) is 0 Å². The largest absolute Gasteiger partial charge is 0.341 e. The van der Waals surface area contributed by atoms with E-state index in [1.807, 2.05) is 28.0 Å². The minimum atomic E-state index is -0.103. The van der Waals surface area contributed by atoms with Crippen molar-refractivity contribution in [1.82, 2.24) is 9.80 Å². The molecule has 25 heavy (non-hydrogen) atoms. The minimum Gasteiger partial charge on any atom is -0.341 e. The van der Waals surface area contributed by atoms with Crippen LogP contribution in [0.4, 0.5) is 5.69 Å². The molecule has 134 valence electrons. The smallest absolute Gasteiger partial charge is 0.241 e. The summed E-state index contributed by atoms with van der Waals surface area (Å²) < 4.78 is 0. The molecule has 0 N–H and O–H groups in total. The van der Waals surface area contributed by atoms with Crippen LogP contribution in [0.3, 0.4) is 0 Å². The number of amides is 2. The molecule has 0 aliphatic carbocycles. The summed E-state index contributed by atoms with van der Waals surface area (Å²) in [5.41, 5.74) is 2.30. The van der Waals surface area contributed by atoms with Gasteiger partial charge in [-0.3, -0.25) is 14.5 Å². The zero-order valence-corrected chi connectivity index (χ0v) is 14.8. The highest BCUT2D eigenvalue weighted by atomic mass is 16.2. The Balaban J connectivity index is 1.45. The molecule has 3 aliphatic heterocycles. The molecule has 1 aromatic carbocycles. The van der Waals surface area contributed by atoms with Crippen LogP contribution < -0.4 is 4.90 Å². The maximum Gasteiger partial charge on any atom is 0.241 e. The summed E-state index contributed by atoms with van der Waals surface area (Å²) in [6.07, 6.45) is 6.20. The fourth-order valence-corrected chi connectivity index (χ4v) is 4.46. The van der Waals surface area contributed by atoms with Gasteiger partial charge in [-0.2, -0.15) is 0 Å². The molecular formula is C20H27N3O2. The maximum absolute atomic E-state index is 12.9. The van der Waals surface area contributed by atoms with E-state index in [1.54, 1.807) is 0 Å². The summed E-state index contributed by atoms with van der Waals surface area (Å²) in [5, 5.41) is 0. The summed E-state index contributed by atoms with van der Waals surface area (Å²) in [6, 6.07) is 8.05. The predicted molar refractivity (Wildman–Crippen MR) is 97.5 cm³/mol. The third-order valence-electron chi connectivity index (χ3n) is 5.84. The van der Waals surface area contributed by atoms with Gasteiger partial charge in [0, 0.05) is 25.3 Å². The standard InChI is InChI=1S/C20H27N3O2/c24-19(23-14-10-16-7-1-2-8-17(16)23)15-22-13-4-3-9-18(22)20(25)21-11-5-6-12-21/h1-2,7-8,18H,3-6,9-15H2. The Labute approximate surface area is 149 Å². The number of fused-ring (bicyclic) bond motifs is 1. The molecule has 2 amide bonds. The Bertz CT molecular complexity index is 654. The summed E-state index contributed by atoms with van der Waals surface area (Å²) >= 11 is 0. The van der Waals surface area contributed by atoms with Crippen LogP contribution in [0.15, 0.2) is 24.3 Å². The summed E-state index contributed by atoms with van der Waals surface area (Å²) in [6.45, 7) is 3.74. The molecule has 3 heterocycles. The van der Waals surface area contributed by atoms with Gasteiger partial charge in [0.15, 0.2) is 0 Å². The topological polar surface area (TPSA) is 43.9 Å². The second-order valence-electron chi connectivity index (χ2n) is 7.44. The van der Waals surface area contributed by atoms with Gasteiger partial charge in [-0.1, -0.05) is 24.6 Å². The van der Waals surface area contributed by atoms with E-state index < -0.39 is 0 Å². The van der Waals surface area contributed by atoms with Gasteiger partial charge in [0.05, 0.1) is 12.6 Å². The molecule has 0 saturated carbocycles. The number of carbonyl (C=O) groups excluding carboxylic acids is 2. The number of nitrogens with zero attached hydrogens (tertiary/aromatic N) is 3. The number of hydrogen-bond acceptors (Lipinski definition) is 3. The number of anilines is 1. The Morgan fingerprint density at radius 3 is 2.56 bits per heavy atom. The molecule has 0 bridgehead atoms. The minimum absolute atomic E-state index is 0.103. The van der Waals surface area contributed by atoms with E-state index in [4.69, 9.17) is 0 Å². The first kappa shape index (κ1) is 16.6. The summed E-state index contributed by atoms with van der Waals surface area (Å²) in [5.74, 6) is 0.373. The van der Waals surface area contributed by atoms with Crippen molar-refractivity contribution in [3.63, 3.8) is 0 Å². The first-order valence-electron chi connectivity index (χ1n) is 9.65. The molecule has 5 nitrogen and oxygen atoms in total. The Hall–Kier alpha value is -1.88. The third-order valence-corrected chi connectivity index (χ3v) is 5.84. The molecule has 0 spiro atoms. The lowest BCUT2D eigenvalue weighted by molar-refractivity contribution is -0.138. The fourth-order valence-electron chi connectivity index (χ4n) is 4.46. The van der Waals surface area contributed by atoms with Crippen LogP contribution in [0.25, 0.3) is 0 Å². The lowest BCUT2D eigenvalue weighted by atomic mass is 10.0. The monoisotopic (exact) mass is 341 g/mol. The van der Waals surface area contributed by atoms with E-state index in [1.165, 1.54) is 5.56 Å². The third kappa shape index (κ3) is 3.30. The van der Waals surface area contributed by atoms with Crippen molar-refractivity contribution in [3.8, 4) is 0 Å². The highest BCUT2D eigenvalue weighted by molar-refractivity contribution is 5.97. The Morgan fingerprint density at radius 2 is 1.72 bits per heavy atom. The number of para-hydroxylation sites is 1. The number of likely N-dealkylation sites (tertiary alicyclic amines) is 2. The predicted octanol–water partition coefficient (Wildman–Crippen LogP) is 2.05. The van der Waals surface area contributed by atoms with Crippen LogP contribution in [-0.2, 0) is 16.0 Å². The number of rotatable bonds is 3. The molecule has 0 radical (unpaired) electrons. The normalized spacial score (nSPS) is 23.8. The van der Waals surface area contributed by atoms with E-state index in [0.717, 1.165) is 70.4 Å². The van der Waals surface area contributed by atoms with Gasteiger partial charge in [0.2, 0.25) is 11.8 Å². The van der Waals surface area contributed by atoms with Crippen LogP contribution >= 0.6 is 0 Å². The van der Waals surface area contributed by atoms with Gasteiger partial charge < -0.3 is 9.80 Å². The highest BCUT2D eigenvalue weighted by Gasteiger charge is 2.35. The molecule has 4 rings (SSSR count). The van der Waals surface area contributed by atoms with Crippen LogP contribution in [0.1, 0.15) is 37.7 Å². The summed E-state index contributed by atoms with van der Waals surface area (Å²) in [7, 11) is 0. The fraction of sp³-hybridized carbons (Fsp3) is 0.600. The van der Waals surface area contributed by atoms with Crippen molar-refractivity contribution >= 4 is 17.5 Å². The number of piperidine rings is 1. The van der Waals surface area contributed by atoms with E-state index in [-0.39, 0.29) is 17.9 Å². The molecule has 1 atom stereocenters. The first-order chi connectivity index (χ1) is 12.2. The lowest BCUT2D eigenvalue weighted by Crippen LogP contribution is -2.53. The second kappa shape index (κ2) is 7.16. The van der Waals surface area contributed by atoms with Crippen LogP contribution in [-0.4, -0.2) is 60.4 Å². The van der Waals surface area contributed by atoms with Crippen molar-refractivity contribution in [2.24, 2.45) is 0 Å². The number of benzene rings is 1. The highest BCUT2D eigenvalue weighted by Crippen LogP contribution is 2.28. The molecule has 2 fully saturated rings. The van der Waals surface area contributed by atoms with Crippen molar-refractivity contribution in [1.29, 1.82) is 0 Å². The van der Waals surface area contributed by atoms with Crippen molar-refractivity contribution in [3.05, 3.63) is 29.8 Å². The maximum atomic E-state index is 12.9. The molecule has 1 aromatic rings. The molecule has 3 aliphatic rings. The molecular weight excluding hydrogens is 314 g/mol. The molecule has 2 saturated heterocycles. The van der Waals surface area contributed by atoms with Crippen LogP contribution in [0, 0.1) is 0 Å². The molecule has 1 unspecified atom stereocenters. The SMILES string of the molecule is O=C(C1CCCCN1CC(=O)N1CCc2ccccc21)N1CCCC1. The first-order valence-corrected chi connectivity index (χ1v) is 9.65. The van der Waals surface area contributed by atoms with Crippen molar-refractivity contribution in [2.45, 2.75) is 44.6 Å². The average Bonchev–Trinajstić information content (AvgIpc) is 3.31. The van der Waals surface area contributed by atoms with E-state index in [2.05, 4.69) is 11.0 Å². The second-order valence-corrected chi connectivity index (χ2v) is 7.44. The van der Waals surface area contributed by atoms with Crippen LogP contribution in [0.5, 0.6) is 0 Å². The zero-order chi connectivity index (χ0) is 17.2. The van der Waals surface area contributed by atoms with Crippen molar-refractivity contribution < 1.29 is 9.59 Å². The Morgan fingerprint density at radius 1 is 0.960 bits per heavy atom. The summed E-state index contributed by atoms with van der Waals surface area (Å²) in [4.78, 5) is 31.8. The Kier molecular flexibility index (Phi) is 4.75. The van der Waals surface area contributed by atoms with E-state index in [9.17, 15) is 9.59 Å². The molecule has 5 heteroatoms. The van der Waals surface area contributed by atoms with Crippen LogP contribution in [0.2, 0.25) is 0 Å². The van der Waals surface area contributed by atoms with Gasteiger partial charge in [-0.05, 0) is 50.3 Å². The quantitative estimate of drug-likeness (QED) is 0.845. The van der Waals surface area contributed by atoms with Gasteiger partial charge in [0.1, 0.15) is 0 Å². The zero-order valence-electron chi connectivity index (χ0n) is 14.8. The van der Waals surface area contributed by atoms with Gasteiger partial charge >= 0.3 is 0 Å². The van der Waals surface area contributed by atoms with Crippen molar-refractivity contribution in [2.75, 3.05) is 37.6 Å². The molecule has 0 aromatic heterocycles. The lowest BCUT2D eigenvalue weighted by Gasteiger charge is -2.37. The van der Waals surface area contributed by atoms with Gasteiger partial charge in [0.25, 0.3) is 0 Å². The van der Waals surface area contributed by atoms with Gasteiger partial charge in [-0.25, -0.2) is 0 Å². The van der Waals surface area contributed by atoms with E-state index in [0.29, 0.717) is 6.54 Å². The number of hydrogen-bond donors (Lipinski definition) is 0. The number of carbonyl (C=O) groups is 2. The van der Waals surface area contributed by atoms with E-state index >= 15 is 0 Å². The average molecular weight is 341 g/mol.